The Bertz CT molecular complexity index is 518. The Morgan fingerprint density at radius 1 is 1.25 bits per heavy atom. The number of oxazole rings is 1. The SMILES string of the molecule is Cc1nc(SCCOc2ccc(CCN)cc2)oc1C. The molecule has 0 saturated carbocycles. The van der Waals surface area contributed by atoms with Crippen molar-refractivity contribution in [2.24, 2.45) is 5.73 Å². The molecule has 5 heteroatoms. The maximum absolute atomic E-state index is 5.68. The van der Waals surface area contributed by atoms with Crippen LogP contribution in [0.2, 0.25) is 0 Å². The lowest BCUT2D eigenvalue weighted by Gasteiger charge is -2.06. The van der Waals surface area contributed by atoms with Crippen LogP contribution in [0.15, 0.2) is 33.9 Å². The molecule has 0 fully saturated rings. The summed E-state index contributed by atoms with van der Waals surface area (Å²) in [6.45, 7) is 5.17. The zero-order chi connectivity index (χ0) is 14.4. The summed E-state index contributed by atoms with van der Waals surface area (Å²) in [5.74, 6) is 2.57. The van der Waals surface area contributed by atoms with Crippen LogP contribution in [0.4, 0.5) is 0 Å². The highest BCUT2D eigenvalue weighted by atomic mass is 32.2. The van der Waals surface area contributed by atoms with Gasteiger partial charge in [0.25, 0.3) is 5.22 Å². The van der Waals surface area contributed by atoms with Gasteiger partial charge in [-0.25, -0.2) is 4.98 Å². The van der Waals surface area contributed by atoms with Gasteiger partial charge in [-0.05, 0) is 44.5 Å². The number of aryl methyl sites for hydroxylation is 2. The van der Waals surface area contributed by atoms with Gasteiger partial charge in [-0.15, -0.1) is 0 Å². The Morgan fingerprint density at radius 2 is 2.00 bits per heavy atom. The minimum Gasteiger partial charge on any atom is -0.493 e. The lowest BCUT2D eigenvalue weighted by Crippen LogP contribution is -2.03. The highest BCUT2D eigenvalue weighted by Crippen LogP contribution is 2.20. The molecule has 0 aliphatic carbocycles. The Labute approximate surface area is 123 Å². The fourth-order valence-electron chi connectivity index (χ4n) is 1.71. The van der Waals surface area contributed by atoms with E-state index in [4.69, 9.17) is 14.9 Å². The minimum absolute atomic E-state index is 0.626. The van der Waals surface area contributed by atoms with E-state index in [0.29, 0.717) is 18.4 Å². The second-order valence-electron chi connectivity index (χ2n) is 4.50. The van der Waals surface area contributed by atoms with E-state index in [0.717, 1.165) is 29.4 Å². The Kier molecular flexibility index (Phi) is 5.49. The Balaban J connectivity index is 1.72. The number of ether oxygens (including phenoxy) is 1. The van der Waals surface area contributed by atoms with Crippen molar-refractivity contribution in [3.8, 4) is 5.75 Å². The van der Waals surface area contributed by atoms with Gasteiger partial charge in [-0.1, -0.05) is 23.9 Å². The second kappa shape index (κ2) is 7.36. The first-order chi connectivity index (χ1) is 9.69. The average Bonchev–Trinajstić information content (AvgIpc) is 2.76. The summed E-state index contributed by atoms with van der Waals surface area (Å²) in [6, 6.07) is 8.07. The first-order valence-corrected chi connectivity index (χ1v) is 7.66. The zero-order valence-corrected chi connectivity index (χ0v) is 12.7. The summed E-state index contributed by atoms with van der Waals surface area (Å²) in [6.07, 6.45) is 0.902. The molecule has 0 bridgehead atoms. The molecule has 108 valence electrons. The first kappa shape index (κ1) is 14.9. The highest BCUT2D eigenvalue weighted by Gasteiger charge is 2.05. The van der Waals surface area contributed by atoms with Crippen LogP contribution in [-0.4, -0.2) is 23.9 Å². The topological polar surface area (TPSA) is 61.3 Å². The van der Waals surface area contributed by atoms with Crippen LogP contribution in [0.3, 0.4) is 0 Å². The molecule has 1 heterocycles. The van der Waals surface area contributed by atoms with E-state index in [-0.39, 0.29) is 0 Å². The van der Waals surface area contributed by atoms with Gasteiger partial charge in [0.2, 0.25) is 0 Å². The van der Waals surface area contributed by atoms with Crippen molar-refractivity contribution in [2.75, 3.05) is 18.9 Å². The van der Waals surface area contributed by atoms with Gasteiger partial charge in [0, 0.05) is 5.75 Å². The van der Waals surface area contributed by atoms with Crippen LogP contribution in [0.25, 0.3) is 0 Å². The molecule has 4 nitrogen and oxygen atoms in total. The van der Waals surface area contributed by atoms with Gasteiger partial charge < -0.3 is 14.9 Å². The summed E-state index contributed by atoms with van der Waals surface area (Å²) >= 11 is 1.57. The number of nitrogens with two attached hydrogens (primary N) is 1. The first-order valence-electron chi connectivity index (χ1n) is 6.67. The molecule has 0 unspecified atom stereocenters. The zero-order valence-electron chi connectivity index (χ0n) is 11.9. The standard InChI is InChI=1S/C15H20N2O2S/c1-11-12(2)19-15(17-11)20-10-9-18-14-5-3-13(4-6-14)7-8-16/h3-6H,7-10,16H2,1-2H3. The summed E-state index contributed by atoms with van der Waals surface area (Å²) in [7, 11) is 0. The van der Waals surface area contributed by atoms with Crippen molar-refractivity contribution in [2.45, 2.75) is 25.5 Å². The third-order valence-electron chi connectivity index (χ3n) is 2.94. The molecule has 0 atom stereocenters. The minimum atomic E-state index is 0.626. The normalized spacial score (nSPS) is 10.8. The number of nitrogens with zero attached hydrogens (tertiary/aromatic N) is 1. The van der Waals surface area contributed by atoms with Gasteiger partial charge >= 0.3 is 0 Å². The molecule has 1 aromatic heterocycles. The third-order valence-corrected chi connectivity index (χ3v) is 3.74. The van der Waals surface area contributed by atoms with Crippen molar-refractivity contribution < 1.29 is 9.15 Å². The van der Waals surface area contributed by atoms with E-state index in [1.165, 1.54) is 5.56 Å². The molecule has 2 rings (SSSR count). The quantitative estimate of drug-likeness (QED) is 0.628. The van der Waals surface area contributed by atoms with E-state index >= 15 is 0 Å². The van der Waals surface area contributed by atoms with Gasteiger partial charge in [0.1, 0.15) is 11.5 Å². The number of aromatic nitrogens is 1. The number of thioether (sulfide) groups is 1. The molecule has 0 amide bonds. The molecule has 0 spiro atoms. The van der Waals surface area contributed by atoms with Crippen molar-refractivity contribution in [1.82, 2.24) is 4.98 Å². The largest absolute Gasteiger partial charge is 0.493 e. The summed E-state index contributed by atoms with van der Waals surface area (Å²) in [5.41, 5.74) is 7.70. The van der Waals surface area contributed by atoms with Crippen LogP contribution < -0.4 is 10.5 Å². The van der Waals surface area contributed by atoms with Crippen molar-refractivity contribution >= 4 is 11.8 Å². The molecule has 2 N–H and O–H groups in total. The lowest BCUT2D eigenvalue weighted by atomic mass is 10.1. The molecular formula is C15H20N2O2S. The van der Waals surface area contributed by atoms with E-state index in [9.17, 15) is 0 Å². The maximum Gasteiger partial charge on any atom is 0.256 e. The Hall–Kier alpha value is -1.46. The van der Waals surface area contributed by atoms with Crippen LogP contribution in [0, 0.1) is 13.8 Å². The highest BCUT2D eigenvalue weighted by molar-refractivity contribution is 7.99. The van der Waals surface area contributed by atoms with E-state index < -0.39 is 0 Å². The summed E-state index contributed by atoms with van der Waals surface area (Å²) in [5, 5.41) is 0.710. The Morgan fingerprint density at radius 3 is 2.60 bits per heavy atom. The number of hydrogen-bond donors (Lipinski definition) is 1. The fraction of sp³-hybridized carbons (Fsp3) is 0.400. The van der Waals surface area contributed by atoms with Gasteiger partial charge in [-0.2, -0.15) is 0 Å². The number of benzene rings is 1. The molecule has 0 aliphatic rings. The molecule has 2 aromatic rings. The van der Waals surface area contributed by atoms with Gasteiger partial charge in [0.05, 0.1) is 12.3 Å². The van der Waals surface area contributed by atoms with Crippen molar-refractivity contribution in [3.05, 3.63) is 41.3 Å². The van der Waals surface area contributed by atoms with Gasteiger partial charge in [-0.3, -0.25) is 0 Å². The molecule has 1 aromatic carbocycles. The monoisotopic (exact) mass is 292 g/mol. The van der Waals surface area contributed by atoms with Crippen LogP contribution >= 0.6 is 11.8 Å². The fourth-order valence-corrected chi connectivity index (χ4v) is 2.44. The third kappa shape index (κ3) is 4.28. The summed E-state index contributed by atoms with van der Waals surface area (Å²) in [4.78, 5) is 4.32. The van der Waals surface area contributed by atoms with Crippen LogP contribution in [0.1, 0.15) is 17.0 Å². The number of rotatable bonds is 7. The summed E-state index contributed by atoms with van der Waals surface area (Å²) < 4.78 is 11.2. The molecule has 0 radical (unpaired) electrons. The average molecular weight is 292 g/mol. The number of hydrogen-bond acceptors (Lipinski definition) is 5. The molecule has 0 aliphatic heterocycles. The predicted molar refractivity (Wildman–Crippen MR) is 81.4 cm³/mol. The van der Waals surface area contributed by atoms with Crippen molar-refractivity contribution in [3.63, 3.8) is 0 Å². The second-order valence-corrected chi connectivity index (χ2v) is 5.55. The smallest absolute Gasteiger partial charge is 0.256 e. The van der Waals surface area contributed by atoms with Crippen LogP contribution in [0.5, 0.6) is 5.75 Å². The predicted octanol–water partition coefficient (Wildman–Crippen LogP) is 2.96. The van der Waals surface area contributed by atoms with E-state index in [1.807, 2.05) is 26.0 Å². The van der Waals surface area contributed by atoms with E-state index in [2.05, 4.69) is 17.1 Å². The maximum atomic E-state index is 5.68. The molecule has 20 heavy (non-hydrogen) atoms. The lowest BCUT2D eigenvalue weighted by molar-refractivity contribution is 0.343. The molecule has 0 saturated heterocycles. The van der Waals surface area contributed by atoms with Crippen molar-refractivity contribution in [1.29, 1.82) is 0 Å². The van der Waals surface area contributed by atoms with E-state index in [1.54, 1.807) is 11.8 Å². The van der Waals surface area contributed by atoms with Gasteiger partial charge in [0.15, 0.2) is 0 Å². The van der Waals surface area contributed by atoms with Crippen LogP contribution in [-0.2, 0) is 6.42 Å². The molecular weight excluding hydrogens is 272 g/mol.